The van der Waals surface area contributed by atoms with Crippen LogP contribution in [0.3, 0.4) is 0 Å². The van der Waals surface area contributed by atoms with Crippen LogP contribution in [-0.4, -0.2) is 32.9 Å². The predicted octanol–water partition coefficient (Wildman–Crippen LogP) is 1.50. The monoisotopic (exact) mass is 262 g/mol. The van der Waals surface area contributed by atoms with Crippen LogP contribution >= 0.6 is 11.3 Å². The van der Waals surface area contributed by atoms with Crippen LogP contribution in [0.5, 0.6) is 0 Å². The largest absolute Gasteiger partial charge is 0.312 e. The second-order valence-electron chi connectivity index (χ2n) is 3.45. The molecule has 0 atom stereocenters. The maximum atomic E-state index is 12.0. The summed E-state index contributed by atoms with van der Waals surface area (Å²) in [7, 11) is -1.68. The van der Waals surface area contributed by atoms with E-state index in [2.05, 4.69) is 5.32 Å². The zero-order valence-corrected chi connectivity index (χ0v) is 11.5. The van der Waals surface area contributed by atoms with E-state index in [4.69, 9.17) is 0 Å². The summed E-state index contributed by atoms with van der Waals surface area (Å²) in [4.78, 5) is 1.44. The standard InChI is InChI=1S/C10H18N2O2S2/c1-4-11-7-9-6-10(8-15-9)16(13,14)12(3)5-2/h6,8,11H,4-5,7H2,1-3H3. The minimum atomic E-state index is -3.28. The predicted molar refractivity (Wildman–Crippen MR) is 67.2 cm³/mol. The second-order valence-corrected chi connectivity index (χ2v) is 6.49. The highest BCUT2D eigenvalue weighted by Gasteiger charge is 2.20. The summed E-state index contributed by atoms with van der Waals surface area (Å²) in [5, 5.41) is 4.88. The first-order valence-electron chi connectivity index (χ1n) is 5.26. The van der Waals surface area contributed by atoms with Crippen molar-refractivity contribution >= 4 is 21.4 Å². The molecule has 0 fully saturated rings. The van der Waals surface area contributed by atoms with Gasteiger partial charge in [-0.2, -0.15) is 0 Å². The van der Waals surface area contributed by atoms with Crippen molar-refractivity contribution < 1.29 is 8.42 Å². The average Bonchev–Trinajstić information content (AvgIpc) is 2.74. The third-order valence-corrected chi connectivity index (χ3v) is 5.33. The lowest BCUT2D eigenvalue weighted by molar-refractivity contribution is 0.486. The lowest BCUT2D eigenvalue weighted by atomic mass is 10.4. The second kappa shape index (κ2) is 5.77. The van der Waals surface area contributed by atoms with E-state index in [1.165, 1.54) is 15.6 Å². The Hall–Kier alpha value is -0.430. The van der Waals surface area contributed by atoms with Crippen molar-refractivity contribution in [2.24, 2.45) is 0 Å². The van der Waals surface area contributed by atoms with E-state index < -0.39 is 10.0 Å². The molecule has 1 aromatic rings. The van der Waals surface area contributed by atoms with Gasteiger partial charge >= 0.3 is 0 Å². The van der Waals surface area contributed by atoms with Gasteiger partial charge in [-0.3, -0.25) is 0 Å². The molecule has 0 unspecified atom stereocenters. The fraction of sp³-hybridized carbons (Fsp3) is 0.600. The Morgan fingerprint density at radius 2 is 2.12 bits per heavy atom. The molecule has 1 N–H and O–H groups in total. The number of rotatable bonds is 6. The van der Waals surface area contributed by atoms with Crippen LogP contribution in [0.25, 0.3) is 0 Å². The van der Waals surface area contributed by atoms with Gasteiger partial charge < -0.3 is 5.32 Å². The van der Waals surface area contributed by atoms with Gasteiger partial charge in [-0.05, 0) is 12.6 Å². The van der Waals surface area contributed by atoms with Gasteiger partial charge in [-0.15, -0.1) is 11.3 Å². The first kappa shape index (κ1) is 13.6. The van der Waals surface area contributed by atoms with E-state index in [0.29, 0.717) is 11.4 Å². The van der Waals surface area contributed by atoms with Crippen LogP contribution in [0.1, 0.15) is 18.7 Å². The van der Waals surface area contributed by atoms with Crippen LogP contribution in [0.2, 0.25) is 0 Å². The van der Waals surface area contributed by atoms with Gasteiger partial charge in [0, 0.05) is 30.4 Å². The van der Waals surface area contributed by atoms with Crippen LogP contribution in [-0.2, 0) is 16.6 Å². The Morgan fingerprint density at radius 1 is 1.44 bits per heavy atom. The molecule has 0 spiro atoms. The SMILES string of the molecule is CCNCc1cc(S(=O)(=O)N(C)CC)cs1. The summed E-state index contributed by atoms with van der Waals surface area (Å²) >= 11 is 1.48. The summed E-state index contributed by atoms with van der Waals surface area (Å²) in [6, 6.07) is 1.74. The van der Waals surface area contributed by atoms with E-state index in [0.717, 1.165) is 18.0 Å². The van der Waals surface area contributed by atoms with Crippen LogP contribution < -0.4 is 5.32 Å². The highest BCUT2D eigenvalue weighted by molar-refractivity contribution is 7.89. The smallest absolute Gasteiger partial charge is 0.243 e. The van der Waals surface area contributed by atoms with E-state index in [1.807, 2.05) is 13.8 Å². The molecule has 0 aliphatic rings. The van der Waals surface area contributed by atoms with Crippen molar-refractivity contribution in [3.63, 3.8) is 0 Å². The Kier molecular flexibility index (Phi) is 4.91. The minimum absolute atomic E-state index is 0.398. The van der Waals surface area contributed by atoms with Gasteiger partial charge in [0.2, 0.25) is 10.0 Å². The molecule has 16 heavy (non-hydrogen) atoms. The number of nitrogens with zero attached hydrogens (tertiary/aromatic N) is 1. The lowest BCUT2D eigenvalue weighted by Crippen LogP contribution is -2.26. The van der Waals surface area contributed by atoms with Crippen LogP contribution in [0.15, 0.2) is 16.3 Å². The van der Waals surface area contributed by atoms with Crippen molar-refractivity contribution in [2.45, 2.75) is 25.3 Å². The first-order chi connectivity index (χ1) is 7.52. The maximum absolute atomic E-state index is 12.0. The molecular weight excluding hydrogens is 244 g/mol. The molecule has 92 valence electrons. The zero-order chi connectivity index (χ0) is 12.2. The molecule has 1 rings (SSSR count). The Labute approximate surface area is 101 Å². The van der Waals surface area contributed by atoms with E-state index in [1.54, 1.807) is 18.5 Å². The molecule has 1 aromatic heterocycles. The summed E-state index contributed by atoms with van der Waals surface area (Å²) in [6.07, 6.45) is 0. The molecule has 0 radical (unpaired) electrons. The molecule has 0 bridgehead atoms. The zero-order valence-electron chi connectivity index (χ0n) is 9.86. The van der Waals surface area contributed by atoms with Crippen molar-refractivity contribution in [1.82, 2.24) is 9.62 Å². The highest BCUT2D eigenvalue weighted by atomic mass is 32.2. The number of thiophene rings is 1. The topological polar surface area (TPSA) is 49.4 Å². The van der Waals surface area contributed by atoms with E-state index in [-0.39, 0.29) is 0 Å². The van der Waals surface area contributed by atoms with Gasteiger partial charge in [0.15, 0.2) is 0 Å². The van der Waals surface area contributed by atoms with E-state index >= 15 is 0 Å². The number of hydrogen-bond acceptors (Lipinski definition) is 4. The highest BCUT2D eigenvalue weighted by Crippen LogP contribution is 2.21. The van der Waals surface area contributed by atoms with Crippen LogP contribution in [0.4, 0.5) is 0 Å². The summed E-state index contributed by atoms with van der Waals surface area (Å²) < 4.78 is 25.3. The van der Waals surface area contributed by atoms with Gasteiger partial charge in [-0.25, -0.2) is 12.7 Å². The molecular formula is C10H18N2O2S2. The maximum Gasteiger partial charge on any atom is 0.243 e. The quantitative estimate of drug-likeness (QED) is 0.845. The van der Waals surface area contributed by atoms with Crippen molar-refractivity contribution in [3.05, 3.63) is 16.3 Å². The molecule has 1 heterocycles. The van der Waals surface area contributed by atoms with Gasteiger partial charge in [-0.1, -0.05) is 13.8 Å². The number of sulfonamides is 1. The van der Waals surface area contributed by atoms with Crippen LogP contribution in [0, 0.1) is 0 Å². The Bertz CT molecular complexity index is 426. The molecule has 0 aliphatic heterocycles. The Balaban J connectivity index is 2.85. The Morgan fingerprint density at radius 3 is 2.69 bits per heavy atom. The molecule has 0 aliphatic carbocycles. The van der Waals surface area contributed by atoms with Gasteiger partial charge in [0.25, 0.3) is 0 Å². The third kappa shape index (κ3) is 3.04. The van der Waals surface area contributed by atoms with E-state index in [9.17, 15) is 8.42 Å². The average molecular weight is 262 g/mol. The lowest BCUT2D eigenvalue weighted by Gasteiger charge is -2.12. The summed E-state index contributed by atoms with van der Waals surface area (Å²) in [5.74, 6) is 0. The third-order valence-electron chi connectivity index (χ3n) is 2.33. The van der Waals surface area contributed by atoms with Gasteiger partial charge in [0.1, 0.15) is 0 Å². The first-order valence-corrected chi connectivity index (χ1v) is 7.58. The number of nitrogens with one attached hydrogen (secondary N) is 1. The molecule has 4 nitrogen and oxygen atoms in total. The van der Waals surface area contributed by atoms with Gasteiger partial charge in [0.05, 0.1) is 4.90 Å². The molecule has 0 amide bonds. The van der Waals surface area contributed by atoms with Crippen molar-refractivity contribution in [3.8, 4) is 0 Å². The van der Waals surface area contributed by atoms with Crippen molar-refractivity contribution in [1.29, 1.82) is 0 Å². The fourth-order valence-corrected chi connectivity index (χ4v) is 3.60. The number of hydrogen-bond donors (Lipinski definition) is 1. The molecule has 0 aromatic carbocycles. The minimum Gasteiger partial charge on any atom is -0.312 e. The fourth-order valence-electron chi connectivity index (χ4n) is 1.19. The molecule has 6 heteroatoms. The molecule has 0 saturated carbocycles. The van der Waals surface area contributed by atoms with Crippen molar-refractivity contribution in [2.75, 3.05) is 20.1 Å². The normalized spacial score (nSPS) is 12.2. The summed E-state index contributed by atoms with van der Waals surface area (Å²) in [5.41, 5.74) is 0. The summed E-state index contributed by atoms with van der Waals surface area (Å²) in [6.45, 7) is 5.95. The molecule has 0 saturated heterocycles.